The van der Waals surface area contributed by atoms with Crippen LogP contribution in [0.1, 0.15) is 6.92 Å². The van der Waals surface area contributed by atoms with Gasteiger partial charge in [0.05, 0.1) is 11.0 Å². The van der Waals surface area contributed by atoms with Crippen LogP contribution in [0.25, 0.3) is 0 Å². The van der Waals surface area contributed by atoms with Gasteiger partial charge >= 0.3 is 29.6 Å². The van der Waals surface area contributed by atoms with Crippen molar-refractivity contribution in [3.63, 3.8) is 0 Å². The number of aromatic nitrogens is 4. The molecule has 0 radical (unpaired) electrons. The maximum atomic E-state index is 12.9. The third-order valence-electron chi connectivity index (χ3n) is 4.97. The van der Waals surface area contributed by atoms with Crippen molar-refractivity contribution in [1.82, 2.24) is 25.1 Å². The molecule has 3 atom stereocenters. The molecular weight excluding hydrogens is 459 g/mol. The van der Waals surface area contributed by atoms with E-state index in [1.165, 1.54) is 56.3 Å². The Morgan fingerprint density at radius 2 is 2.23 bits per heavy atom. The maximum absolute atomic E-state index is 12.9. The Morgan fingerprint density at radius 3 is 2.80 bits per heavy atom. The number of carboxylic acids is 1. The van der Waals surface area contributed by atoms with Crippen LogP contribution in [0.4, 0.5) is 5.00 Å². The standard InChI is InChI=1S/C16H18N6O4S3.Na/c1-9(23)22(10-4-3-5-27-10)11-12(24)21-6-16(14(25)26,7-28-13(11)21)8-29-15-17-18-19-20(15)2;/h3-5,11,13H,6-8H2,1-2H3,(H,25,26);/q;+1/p-1/t11?,13-,16?;/m1./s1. The number of β-lactam (4-membered cyclic amide) rings is 1. The largest absolute Gasteiger partial charge is 1.00 e. The van der Waals surface area contributed by atoms with Crippen molar-refractivity contribution >= 4 is 57.6 Å². The summed E-state index contributed by atoms with van der Waals surface area (Å²) in [7, 11) is 1.67. The van der Waals surface area contributed by atoms with Gasteiger partial charge in [0.25, 0.3) is 0 Å². The predicted octanol–water partition coefficient (Wildman–Crippen LogP) is -3.56. The fraction of sp³-hybridized carbons (Fsp3) is 0.500. The second-order valence-electron chi connectivity index (χ2n) is 6.89. The van der Waals surface area contributed by atoms with Crippen molar-refractivity contribution in [3.8, 4) is 0 Å². The van der Waals surface area contributed by atoms with Crippen LogP contribution < -0.4 is 39.6 Å². The summed E-state index contributed by atoms with van der Waals surface area (Å²) in [6, 6.07) is 3.00. The first-order chi connectivity index (χ1) is 13.8. The number of thioether (sulfide) groups is 2. The zero-order valence-electron chi connectivity index (χ0n) is 16.5. The predicted molar refractivity (Wildman–Crippen MR) is 106 cm³/mol. The molecule has 10 nitrogen and oxygen atoms in total. The molecule has 0 saturated carbocycles. The second-order valence-corrected chi connectivity index (χ2v) is 9.87. The Kier molecular flexibility index (Phi) is 7.19. The molecular formula is C16H17N6NaO4S3. The summed E-state index contributed by atoms with van der Waals surface area (Å²) in [6.07, 6.45) is 0. The van der Waals surface area contributed by atoms with Gasteiger partial charge in [-0.1, -0.05) is 11.8 Å². The molecule has 30 heavy (non-hydrogen) atoms. The summed E-state index contributed by atoms with van der Waals surface area (Å²) >= 11 is 3.97. The Hall–Kier alpha value is -1.12. The molecule has 0 aromatic carbocycles. The van der Waals surface area contributed by atoms with Gasteiger partial charge in [0.2, 0.25) is 17.0 Å². The number of tetrazole rings is 1. The van der Waals surface area contributed by atoms with Crippen LogP contribution in [0.5, 0.6) is 0 Å². The number of aliphatic carboxylic acids is 1. The van der Waals surface area contributed by atoms with Crippen LogP contribution in [0.15, 0.2) is 22.7 Å². The summed E-state index contributed by atoms with van der Waals surface area (Å²) in [5.41, 5.74) is -1.22. The Balaban J connectivity index is 0.00000256. The van der Waals surface area contributed by atoms with Gasteiger partial charge in [-0.25, -0.2) is 4.68 Å². The number of fused-ring (bicyclic) bond motifs is 1. The number of hydrogen-bond donors (Lipinski definition) is 0. The summed E-state index contributed by atoms with van der Waals surface area (Å²) in [4.78, 5) is 40.2. The molecule has 2 aromatic rings. The minimum Gasteiger partial charge on any atom is -0.549 e. The van der Waals surface area contributed by atoms with Crippen molar-refractivity contribution < 1.29 is 49.0 Å². The van der Waals surface area contributed by atoms with Crippen molar-refractivity contribution in [2.75, 3.05) is 23.0 Å². The van der Waals surface area contributed by atoms with Crippen LogP contribution in [0.2, 0.25) is 0 Å². The number of nitrogens with zero attached hydrogens (tertiary/aromatic N) is 6. The van der Waals surface area contributed by atoms with E-state index in [0.717, 1.165) is 0 Å². The molecule has 2 unspecified atom stereocenters. The topological polar surface area (TPSA) is 124 Å². The average molecular weight is 477 g/mol. The molecule has 0 aliphatic carbocycles. The normalized spacial score (nSPS) is 25.1. The molecule has 2 saturated heterocycles. The van der Waals surface area contributed by atoms with E-state index < -0.39 is 17.4 Å². The molecule has 0 N–H and O–H groups in total. The van der Waals surface area contributed by atoms with E-state index in [2.05, 4.69) is 15.5 Å². The number of thiophene rings is 1. The number of carbonyl (C=O) groups excluding carboxylic acids is 3. The number of hydrogen-bond acceptors (Lipinski definition) is 10. The number of aryl methyl sites for hydroxylation is 1. The van der Waals surface area contributed by atoms with E-state index in [0.29, 0.717) is 10.2 Å². The fourth-order valence-corrected chi connectivity index (χ4v) is 6.97. The van der Waals surface area contributed by atoms with E-state index in [1.54, 1.807) is 13.1 Å². The van der Waals surface area contributed by atoms with Crippen molar-refractivity contribution in [2.24, 2.45) is 12.5 Å². The Labute approximate surface area is 207 Å². The summed E-state index contributed by atoms with van der Waals surface area (Å²) in [6.45, 7) is 1.47. The van der Waals surface area contributed by atoms with Crippen molar-refractivity contribution in [3.05, 3.63) is 17.5 Å². The Bertz CT molecular complexity index is 957. The van der Waals surface area contributed by atoms with E-state index in [9.17, 15) is 19.5 Å². The minimum atomic E-state index is -1.22. The smallest absolute Gasteiger partial charge is 0.549 e. The third kappa shape index (κ3) is 4.02. The molecule has 2 aliphatic rings. The summed E-state index contributed by atoms with van der Waals surface area (Å²) in [5, 5.41) is 25.9. The third-order valence-corrected chi connectivity index (χ3v) is 8.71. The first-order valence-corrected chi connectivity index (χ1v) is 11.6. The van der Waals surface area contributed by atoms with E-state index >= 15 is 0 Å². The molecule has 2 aliphatic heterocycles. The number of rotatable bonds is 6. The molecule has 154 valence electrons. The van der Waals surface area contributed by atoms with Crippen LogP contribution in [-0.4, -0.2) is 72.4 Å². The molecule has 14 heteroatoms. The SMILES string of the molecule is CC(=O)N(c1cccs1)C1C(=O)N2CC(CSc3nnnn3C)(C(=O)[O-])CS[C@H]12.[Na+]. The number of carboxylic acid groups (broad SMARTS) is 1. The molecule has 0 spiro atoms. The van der Waals surface area contributed by atoms with Crippen LogP contribution in [0, 0.1) is 5.41 Å². The van der Waals surface area contributed by atoms with Gasteiger partial charge in [-0.3, -0.25) is 14.5 Å². The van der Waals surface area contributed by atoms with Gasteiger partial charge in [-0.15, -0.1) is 28.2 Å². The molecule has 4 rings (SSSR count). The van der Waals surface area contributed by atoms with Gasteiger partial charge in [0, 0.05) is 37.4 Å². The zero-order valence-corrected chi connectivity index (χ0v) is 21.0. The Morgan fingerprint density at radius 1 is 1.47 bits per heavy atom. The van der Waals surface area contributed by atoms with Crippen molar-refractivity contribution in [2.45, 2.75) is 23.5 Å². The van der Waals surface area contributed by atoms with Crippen LogP contribution >= 0.6 is 34.9 Å². The quantitative estimate of drug-likeness (QED) is 0.237. The number of anilines is 1. The first kappa shape index (κ1) is 23.5. The van der Waals surface area contributed by atoms with E-state index in [-0.39, 0.29) is 64.8 Å². The zero-order chi connectivity index (χ0) is 20.8. The maximum Gasteiger partial charge on any atom is 1.00 e. The van der Waals surface area contributed by atoms with E-state index in [1.807, 2.05) is 11.4 Å². The minimum absolute atomic E-state index is 0. The number of amides is 2. The summed E-state index contributed by atoms with van der Waals surface area (Å²) in [5.74, 6) is -1.22. The van der Waals surface area contributed by atoms with Crippen LogP contribution in [0.3, 0.4) is 0 Å². The van der Waals surface area contributed by atoms with Gasteiger partial charge in [0.1, 0.15) is 11.4 Å². The summed E-state index contributed by atoms with van der Waals surface area (Å²) < 4.78 is 1.46. The van der Waals surface area contributed by atoms with Gasteiger partial charge < -0.3 is 14.8 Å². The molecule has 4 heterocycles. The van der Waals surface area contributed by atoms with E-state index in [4.69, 9.17) is 0 Å². The monoisotopic (exact) mass is 476 g/mol. The van der Waals surface area contributed by atoms with Crippen LogP contribution in [-0.2, 0) is 21.4 Å². The number of carbonyl (C=O) groups is 3. The first-order valence-electron chi connectivity index (χ1n) is 8.66. The molecule has 0 bridgehead atoms. The van der Waals surface area contributed by atoms with Gasteiger partial charge in [0.15, 0.2) is 0 Å². The second kappa shape index (κ2) is 9.17. The molecule has 2 fully saturated rings. The van der Waals surface area contributed by atoms with Gasteiger partial charge in [-0.05, 0) is 27.9 Å². The fourth-order valence-electron chi connectivity index (χ4n) is 3.42. The van der Waals surface area contributed by atoms with Gasteiger partial charge in [-0.2, -0.15) is 0 Å². The molecule has 2 amide bonds. The average Bonchev–Trinajstić information content (AvgIpc) is 3.35. The molecule has 2 aromatic heterocycles. The van der Waals surface area contributed by atoms with Crippen molar-refractivity contribution in [1.29, 1.82) is 0 Å².